The van der Waals surface area contributed by atoms with Gasteiger partial charge in [-0.05, 0) is 13.3 Å². The average molecular weight is 218 g/mol. The number of Topliss-reactive ketones (excluding diaryl/α,β-unsaturated/α-hetero) is 1. The van der Waals surface area contributed by atoms with Gasteiger partial charge < -0.3 is 4.42 Å². The molecule has 0 N–H and O–H groups in total. The fraction of sp³-hybridized carbons (Fsp3) is 0.500. The van der Waals surface area contributed by atoms with E-state index in [1.54, 1.807) is 0 Å². The van der Waals surface area contributed by atoms with Gasteiger partial charge >= 0.3 is 6.18 Å². The highest BCUT2D eigenvalue weighted by Crippen LogP contribution is 2.40. The van der Waals surface area contributed by atoms with Gasteiger partial charge in [-0.15, -0.1) is 0 Å². The molecule has 1 aliphatic carbocycles. The predicted molar refractivity (Wildman–Crippen MR) is 45.7 cm³/mol. The van der Waals surface area contributed by atoms with Crippen molar-refractivity contribution in [3.63, 3.8) is 0 Å². The first kappa shape index (κ1) is 10.3. The van der Waals surface area contributed by atoms with Gasteiger partial charge in [-0.1, -0.05) is 0 Å². The summed E-state index contributed by atoms with van der Waals surface area (Å²) in [5.41, 5.74) is -1.13. The zero-order valence-corrected chi connectivity index (χ0v) is 8.07. The molecule has 0 saturated heterocycles. The summed E-state index contributed by atoms with van der Waals surface area (Å²) < 4.78 is 42.9. The minimum Gasteiger partial charge on any atom is -0.465 e. The van der Waals surface area contributed by atoms with E-state index < -0.39 is 17.5 Å². The Hall–Kier alpha value is -1.26. The van der Waals surface area contributed by atoms with Crippen molar-refractivity contribution in [2.24, 2.45) is 0 Å². The largest absolute Gasteiger partial charge is 0.465 e. The highest BCUT2D eigenvalue weighted by Gasteiger charge is 2.42. The lowest BCUT2D eigenvalue weighted by atomic mass is 9.93. The molecule has 0 fully saturated rings. The Morgan fingerprint density at radius 3 is 2.53 bits per heavy atom. The van der Waals surface area contributed by atoms with Crippen molar-refractivity contribution in [2.75, 3.05) is 0 Å². The molecule has 0 radical (unpaired) electrons. The number of alkyl halides is 3. The first-order valence-corrected chi connectivity index (χ1v) is 4.64. The third kappa shape index (κ3) is 1.56. The van der Waals surface area contributed by atoms with Gasteiger partial charge in [0.1, 0.15) is 17.1 Å². The van der Waals surface area contributed by atoms with E-state index in [-0.39, 0.29) is 23.5 Å². The lowest BCUT2D eigenvalue weighted by molar-refractivity contribution is -0.138. The summed E-state index contributed by atoms with van der Waals surface area (Å²) in [6.45, 7) is 1.24. The first-order valence-electron chi connectivity index (χ1n) is 4.64. The molecule has 0 aliphatic heterocycles. The third-order valence-electron chi connectivity index (χ3n) is 2.53. The van der Waals surface area contributed by atoms with Crippen LogP contribution < -0.4 is 0 Å². The number of rotatable bonds is 0. The molecule has 0 aromatic carbocycles. The Morgan fingerprint density at radius 2 is 1.93 bits per heavy atom. The van der Waals surface area contributed by atoms with E-state index in [2.05, 4.69) is 0 Å². The molecule has 15 heavy (non-hydrogen) atoms. The second-order valence-electron chi connectivity index (χ2n) is 3.61. The number of hydrogen-bond donors (Lipinski definition) is 0. The van der Waals surface area contributed by atoms with Gasteiger partial charge in [0, 0.05) is 12.8 Å². The van der Waals surface area contributed by atoms with Crippen molar-refractivity contribution in [2.45, 2.75) is 32.4 Å². The van der Waals surface area contributed by atoms with E-state index in [9.17, 15) is 18.0 Å². The van der Waals surface area contributed by atoms with Crippen molar-refractivity contribution in [3.05, 3.63) is 22.6 Å². The SMILES string of the molecule is Cc1oc2c(c1C(F)(F)F)C(=O)CCC2. The Bertz CT molecular complexity index is 415. The molecule has 0 bridgehead atoms. The van der Waals surface area contributed by atoms with Crippen molar-refractivity contribution in [1.82, 2.24) is 0 Å². The molecule has 1 aliphatic rings. The molecule has 5 heteroatoms. The van der Waals surface area contributed by atoms with Gasteiger partial charge in [0.2, 0.25) is 0 Å². The summed E-state index contributed by atoms with van der Waals surface area (Å²) >= 11 is 0. The maximum Gasteiger partial charge on any atom is 0.420 e. The zero-order chi connectivity index (χ0) is 11.2. The van der Waals surface area contributed by atoms with Crippen LogP contribution in [0.4, 0.5) is 13.2 Å². The van der Waals surface area contributed by atoms with Gasteiger partial charge in [-0.25, -0.2) is 0 Å². The van der Waals surface area contributed by atoms with Crippen LogP contribution in [0.3, 0.4) is 0 Å². The van der Waals surface area contributed by atoms with Crippen molar-refractivity contribution < 1.29 is 22.4 Å². The number of fused-ring (bicyclic) bond motifs is 1. The Morgan fingerprint density at radius 1 is 1.27 bits per heavy atom. The van der Waals surface area contributed by atoms with Crippen LogP contribution in [0.1, 0.15) is 40.3 Å². The predicted octanol–water partition coefficient (Wildman–Crippen LogP) is 3.13. The van der Waals surface area contributed by atoms with Gasteiger partial charge in [0.25, 0.3) is 0 Å². The molecular formula is C10H9F3O2. The quantitative estimate of drug-likeness (QED) is 0.669. The molecular weight excluding hydrogens is 209 g/mol. The van der Waals surface area contributed by atoms with E-state index in [0.29, 0.717) is 12.8 Å². The van der Waals surface area contributed by atoms with Crippen molar-refractivity contribution in [1.29, 1.82) is 0 Å². The topological polar surface area (TPSA) is 30.2 Å². The molecule has 2 nitrogen and oxygen atoms in total. The maximum atomic E-state index is 12.6. The van der Waals surface area contributed by atoms with Crippen LogP contribution in [-0.2, 0) is 12.6 Å². The molecule has 1 aromatic heterocycles. The molecule has 0 atom stereocenters. The number of furan rings is 1. The maximum absolute atomic E-state index is 12.6. The molecule has 0 amide bonds. The summed E-state index contributed by atoms with van der Waals surface area (Å²) in [5, 5.41) is 0. The van der Waals surface area contributed by atoms with Crippen molar-refractivity contribution >= 4 is 5.78 Å². The second kappa shape index (κ2) is 3.12. The minimum atomic E-state index is -4.51. The summed E-state index contributed by atoms with van der Waals surface area (Å²) in [5.74, 6) is -0.473. The van der Waals surface area contributed by atoms with Crippen molar-refractivity contribution in [3.8, 4) is 0 Å². The van der Waals surface area contributed by atoms with E-state index >= 15 is 0 Å². The number of carbonyl (C=O) groups excluding carboxylic acids is 1. The number of ketones is 1. The molecule has 1 aromatic rings. The van der Waals surface area contributed by atoms with Gasteiger partial charge in [-0.2, -0.15) is 13.2 Å². The van der Waals surface area contributed by atoms with Crippen LogP contribution >= 0.6 is 0 Å². The lowest BCUT2D eigenvalue weighted by Crippen LogP contribution is -2.16. The lowest BCUT2D eigenvalue weighted by Gasteiger charge is -2.11. The van der Waals surface area contributed by atoms with Crippen LogP contribution in [0.25, 0.3) is 0 Å². The van der Waals surface area contributed by atoms with E-state index in [1.807, 2.05) is 0 Å². The average Bonchev–Trinajstić information content (AvgIpc) is 2.41. The highest BCUT2D eigenvalue weighted by molar-refractivity contribution is 5.99. The Labute approximate surface area is 84.1 Å². The fourth-order valence-electron chi connectivity index (χ4n) is 1.95. The molecule has 2 rings (SSSR count). The number of carbonyl (C=O) groups is 1. The molecule has 0 unspecified atom stereocenters. The van der Waals surface area contributed by atoms with E-state index in [0.717, 1.165) is 0 Å². The number of halogens is 3. The monoisotopic (exact) mass is 218 g/mol. The van der Waals surface area contributed by atoms with Crippen LogP contribution in [0.5, 0.6) is 0 Å². The molecule has 1 heterocycles. The minimum absolute atomic E-state index is 0.176. The normalized spacial score (nSPS) is 16.7. The van der Waals surface area contributed by atoms with Crippen LogP contribution in [0.2, 0.25) is 0 Å². The summed E-state index contributed by atoms with van der Waals surface area (Å²) in [6.07, 6.45) is -3.35. The molecule has 0 spiro atoms. The van der Waals surface area contributed by atoms with Crippen LogP contribution in [0, 0.1) is 6.92 Å². The van der Waals surface area contributed by atoms with Gasteiger partial charge in [0.05, 0.1) is 5.56 Å². The Kier molecular flexibility index (Phi) is 2.13. The first-order chi connectivity index (χ1) is 6.91. The van der Waals surface area contributed by atoms with Crippen LogP contribution in [0.15, 0.2) is 4.42 Å². The Balaban J connectivity index is 2.65. The number of hydrogen-bond acceptors (Lipinski definition) is 2. The third-order valence-corrected chi connectivity index (χ3v) is 2.53. The number of aryl methyl sites for hydroxylation is 2. The van der Waals surface area contributed by atoms with E-state index in [1.165, 1.54) is 6.92 Å². The summed E-state index contributed by atoms with van der Waals surface area (Å²) in [7, 11) is 0. The smallest absolute Gasteiger partial charge is 0.420 e. The van der Waals surface area contributed by atoms with Gasteiger partial charge in [-0.3, -0.25) is 4.79 Å². The highest BCUT2D eigenvalue weighted by atomic mass is 19.4. The summed E-state index contributed by atoms with van der Waals surface area (Å²) in [6, 6.07) is 0. The second-order valence-corrected chi connectivity index (χ2v) is 3.61. The standard InChI is InChI=1S/C10H9F3O2/c1-5-9(10(11,12)13)8-6(14)3-2-4-7(8)15-5/h2-4H2,1H3. The molecule has 82 valence electrons. The van der Waals surface area contributed by atoms with Crippen LogP contribution in [-0.4, -0.2) is 5.78 Å². The summed E-state index contributed by atoms with van der Waals surface area (Å²) in [4.78, 5) is 11.4. The molecule has 0 saturated carbocycles. The van der Waals surface area contributed by atoms with E-state index in [4.69, 9.17) is 4.42 Å². The fourth-order valence-corrected chi connectivity index (χ4v) is 1.95. The van der Waals surface area contributed by atoms with Gasteiger partial charge in [0.15, 0.2) is 5.78 Å². The zero-order valence-electron chi connectivity index (χ0n) is 8.07.